The van der Waals surface area contributed by atoms with Crippen LogP contribution in [-0.4, -0.2) is 17.3 Å². The van der Waals surface area contributed by atoms with E-state index in [1.54, 1.807) is 0 Å². The zero-order chi connectivity index (χ0) is 9.36. The second-order valence-electron chi connectivity index (χ2n) is 5.19. The smallest absolute Gasteiger partial charge is 0.0431 e. The standard InChI is InChI=1S/C11H21NO/c12-11-6-3-10(4-7-11,5-8-11)2-1-9-13/h13H,1-9,12H2. The van der Waals surface area contributed by atoms with E-state index >= 15 is 0 Å². The van der Waals surface area contributed by atoms with E-state index in [1.807, 2.05) is 0 Å². The molecule has 0 aromatic rings. The van der Waals surface area contributed by atoms with E-state index in [2.05, 4.69) is 0 Å². The van der Waals surface area contributed by atoms with Gasteiger partial charge >= 0.3 is 0 Å². The minimum atomic E-state index is 0.195. The van der Waals surface area contributed by atoms with Crippen molar-refractivity contribution in [3.8, 4) is 0 Å². The van der Waals surface area contributed by atoms with Gasteiger partial charge in [0.05, 0.1) is 0 Å². The number of hydrogen-bond acceptors (Lipinski definition) is 2. The summed E-state index contributed by atoms with van der Waals surface area (Å²) in [5.74, 6) is 0. The van der Waals surface area contributed by atoms with Gasteiger partial charge in [-0.05, 0) is 56.8 Å². The zero-order valence-electron chi connectivity index (χ0n) is 8.39. The van der Waals surface area contributed by atoms with E-state index < -0.39 is 0 Å². The highest BCUT2D eigenvalue weighted by molar-refractivity contribution is 5.02. The molecule has 3 aliphatic rings. The normalized spacial score (nSPS) is 43.8. The van der Waals surface area contributed by atoms with Gasteiger partial charge in [-0.25, -0.2) is 0 Å². The highest BCUT2D eigenvalue weighted by atomic mass is 16.2. The molecule has 0 saturated heterocycles. The average Bonchev–Trinajstić information content (AvgIpc) is 2.18. The molecule has 13 heavy (non-hydrogen) atoms. The van der Waals surface area contributed by atoms with Gasteiger partial charge in [-0.3, -0.25) is 0 Å². The number of fused-ring (bicyclic) bond motifs is 3. The Kier molecular flexibility index (Phi) is 2.37. The van der Waals surface area contributed by atoms with E-state index in [4.69, 9.17) is 10.8 Å². The van der Waals surface area contributed by atoms with E-state index in [1.165, 1.54) is 44.9 Å². The molecule has 0 amide bonds. The molecule has 0 radical (unpaired) electrons. The lowest BCUT2D eigenvalue weighted by atomic mass is 9.56. The molecule has 0 aromatic carbocycles. The molecule has 3 rings (SSSR count). The van der Waals surface area contributed by atoms with E-state index in [-0.39, 0.29) is 5.54 Å². The van der Waals surface area contributed by atoms with Crippen LogP contribution in [0.25, 0.3) is 0 Å². The van der Waals surface area contributed by atoms with Crippen molar-refractivity contribution >= 4 is 0 Å². The maximum atomic E-state index is 8.85. The Morgan fingerprint density at radius 3 is 2.00 bits per heavy atom. The fraction of sp³-hybridized carbons (Fsp3) is 1.00. The van der Waals surface area contributed by atoms with Crippen LogP contribution in [0.3, 0.4) is 0 Å². The summed E-state index contributed by atoms with van der Waals surface area (Å²) in [5.41, 5.74) is 7.00. The van der Waals surface area contributed by atoms with Crippen molar-refractivity contribution in [2.75, 3.05) is 6.61 Å². The number of nitrogens with two attached hydrogens (primary N) is 1. The first kappa shape index (κ1) is 9.47. The van der Waals surface area contributed by atoms with Gasteiger partial charge in [0.25, 0.3) is 0 Å². The fourth-order valence-corrected chi connectivity index (χ4v) is 3.12. The predicted octanol–water partition coefficient (Wildman–Crippen LogP) is 1.81. The van der Waals surface area contributed by atoms with Crippen LogP contribution < -0.4 is 5.73 Å². The molecule has 0 aromatic heterocycles. The molecule has 0 atom stereocenters. The fourth-order valence-electron chi connectivity index (χ4n) is 3.12. The SMILES string of the molecule is NC12CCC(CCCO)(CC1)CC2. The van der Waals surface area contributed by atoms with Crippen molar-refractivity contribution in [1.29, 1.82) is 0 Å². The molecule has 0 heterocycles. The lowest BCUT2D eigenvalue weighted by molar-refractivity contribution is 0.0319. The van der Waals surface area contributed by atoms with Crippen LogP contribution in [0, 0.1) is 5.41 Å². The summed E-state index contributed by atoms with van der Waals surface area (Å²) in [7, 11) is 0. The van der Waals surface area contributed by atoms with Gasteiger partial charge in [0.1, 0.15) is 0 Å². The Hall–Kier alpha value is -0.0800. The van der Waals surface area contributed by atoms with Crippen LogP contribution in [0.2, 0.25) is 0 Å². The maximum Gasteiger partial charge on any atom is 0.0431 e. The summed E-state index contributed by atoms with van der Waals surface area (Å²) < 4.78 is 0. The quantitative estimate of drug-likeness (QED) is 0.701. The van der Waals surface area contributed by atoms with Crippen LogP contribution in [-0.2, 0) is 0 Å². The molecule has 3 fully saturated rings. The Bertz CT molecular complexity index is 160. The lowest BCUT2D eigenvalue weighted by Crippen LogP contribution is -2.51. The van der Waals surface area contributed by atoms with Crippen LogP contribution in [0.4, 0.5) is 0 Å². The van der Waals surface area contributed by atoms with Crippen molar-refractivity contribution in [2.24, 2.45) is 11.1 Å². The second-order valence-corrected chi connectivity index (χ2v) is 5.19. The number of aliphatic hydroxyl groups excluding tert-OH is 1. The molecule has 0 spiro atoms. The first-order valence-electron chi connectivity index (χ1n) is 5.58. The summed E-state index contributed by atoms with van der Waals surface area (Å²) >= 11 is 0. The van der Waals surface area contributed by atoms with Crippen LogP contribution >= 0.6 is 0 Å². The van der Waals surface area contributed by atoms with Crippen LogP contribution in [0.15, 0.2) is 0 Å². The van der Waals surface area contributed by atoms with Crippen molar-refractivity contribution in [3.63, 3.8) is 0 Å². The lowest BCUT2D eigenvalue weighted by Gasteiger charge is -2.52. The van der Waals surface area contributed by atoms with Gasteiger partial charge < -0.3 is 10.8 Å². The molecule has 2 bridgehead atoms. The molecule has 2 nitrogen and oxygen atoms in total. The highest BCUT2D eigenvalue weighted by Gasteiger charge is 2.45. The number of hydrogen-bond donors (Lipinski definition) is 2. The van der Waals surface area contributed by atoms with Crippen molar-refractivity contribution < 1.29 is 5.11 Å². The van der Waals surface area contributed by atoms with Crippen LogP contribution in [0.1, 0.15) is 51.4 Å². The first-order chi connectivity index (χ1) is 6.18. The Morgan fingerprint density at radius 2 is 1.54 bits per heavy atom. The summed E-state index contributed by atoms with van der Waals surface area (Å²) in [5, 5.41) is 8.85. The van der Waals surface area contributed by atoms with Crippen LogP contribution in [0.5, 0.6) is 0 Å². The molecule has 76 valence electrons. The summed E-state index contributed by atoms with van der Waals surface area (Å²) in [6, 6.07) is 0. The van der Waals surface area contributed by atoms with Crippen molar-refractivity contribution in [2.45, 2.75) is 56.9 Å². The molecule has 3 saturated carbocycles. The predicted molar refractivity (Wildman–Crippen MR) is 53.4 cm³/mol. The minimum absolute atomic E-state index is 0.195. The van der Waals surface area contributed by atoms with E-state index in [9.17, 15) is 0 Å². The Labute approximate surface area is 80.5 Å². The van der Waals surface area contributed by atoms with Gasteiger partial charge in [0.15, 0.2) is 0 Å². The third-order valence-corrected chi connectivity index (χ3v) is 4.32. The molecular formula is C11H21NO. The van der Waals surface area contributed by atoms with Gasteiger partial charge in [0.2, 0.25) is 0 Å². The molecule has 0 aliphatic heterocycles. The molecule has 0 unspecified atom stereocenters. The second kappa shape index (κ2) is 3.25. The van der Waals surface area contributed by atoms with Crippen molar-refractivity contribution in [1.82, 2.24) is 0 Å². The maximum absolute atomic E-state index is 8.85. The summed E-state index contributed by atoms with van der Waals surface area (Å²) in [6.07, 6.45) is 9.79. The highest BCUT2D eigenvalue weighted by Crippen LogP contribution is 2.53. The van der Waals surface area contributed by atoms with Gasteiger partial charge in [-0.15, -0.1) is 0 Å². The molecule has 3 aliphatic carbocycles. The number of rotatable bonds is 3. The average molecular weight is 183 g/mol. The molecule has 2 heteroatoms. The van der Waals surface area contributed by atoms with E-state index in [0.29, 0.717) is 12.0 Å². The van der Waals surface area contributed by atoms with Gasteiger partial charge in [-0.2, -0.15) is 0 Å². The Balaban J connectivity index is 1.95. The third kappa shape index (κ3) is 1.75. The van der Waals surface area contributed by atoms with Crippen molar-refractivity contribution in [3.05, 3.63) is 0 Å². The monoisotopic (exact) mass is 183 g/mol. The topological polar surface area (TPSA) is 46.2 Å². The van der Waals surface area contributed by atoms with Gasteiger partial charge in [-0.1, -0.05) is 0 Å². The van der Waals surface area contributed by atoms with E-state index in [0.717, 1.165) is 6.42 Å². The molecular weight excluding hydrogens is 162 g/mol. The third-order valence-electron chi connectivity index (χ3n) is 4.32. The largest absolute Gasteiger partial charge is 0.396 e. The summed E-state index contributed by atoms with van der Waals surface area (Å²) in [4.78, 5) is 0. The van der Waals surface area contributed by atoms with Gasteiger partial charge in [0, 0.05) is 12.1 Å². The number of aliphatic hydroxyl groups is 1. The Morgan fingerprint density at radius 1 is 1.00 bits per heavy atom. The summed E-state index contributed by atoms with van der Waals surface area (Å²) in [6.45, 7) is 0.357. The minimum Gasteiger partial charge on any atom is -0.396 e. The molecule has 3 N–H and O–H groups in total. The first-order valence-corrected chi connectivity index (χ1v) is 5.58. The zero-order valence-corrected chi connectivity index (χ0v) is 8.39.